The molecule has 0 fully saturated rings. The summed E-state index contributed by atoms with van der Waals surface area (Å²) >= 11 is 6.00. The van der Waals surface area contributed by atoms with Gasteiger partial charge in [-0.3, -0.25) is 0 Å². The predicted molar refractivity (Wildman–Crippen MR) is 101 cm³/mol. The normalized spacial score (nSPS) is 10.9. The van der Waals surface area contributed by atoms with Crippen LogP contribution >= 0.6 is 11.6 Å². The molecule has 0 amide bonds. The summed E-state index contributed by atoms with van der Waals surface area (Å²) < 4.78 is 1.82. The van der Waals surface area contributed by atoms with Gasteiger partial charge in [-0.05, 0) is 29.3 Å². The Labute approximate surface area is 151 Å². The van der Waals surface area contributed by atoms with E-state index in [4.69, 9.17) is 11.6 Å². The van der Waals surface area contributed by atoms with Crippen molar-refractivity contribution in [1.82, 2.24) is 14.6 Å². The van der Waals surface area contributed by atoms with Crippen LogP contribution in [0.1, 0.15) is 16.7 Å². The molecule has 0 saturated heterocycles. The first-order valence-corrected chi connectivity index (χ1v) is 8.52. The van der Waals surface area contributed by atoms with E-state index in [2.05, 4.69) is 27.5 Å². The molecule has 5 heteroatoms. The van der Waals surface area contributed by atoms with Gasteiger partial charge in [0.25, 0.3) is 0 Å². The lowest BCUT2D eigenvalue weighted by atomic mass is 10.1. The summed E-state index contributed by atoms with van der Waals surface area (Å²) in [6.45, 7) is 0.721. The Balaban J connectivity index is 1.66. The molecule has 0 bridgehead atoms. The summed E-state index contributed by atoms with van der Waals surface area (Å²) in [5.41, 5.74) is 4.34. The maximum Gasteiger partial charge on any atom is 0.160 e. The van der Waals surface area contributed by atoms with E-state index >= 15 is 0 Å². The first-order chi connectivity index (χ1) is 12.3. The van der Waals surface area contributed by atoms with Crippen LogP contribution in [0.5, 0.6) is 0 Å². The van der Waals surface area contributed by atoms with Crippen LogP contribution in [0.4, 0.5) is 5.82 Å². The fraction of sp³-hybridized carbons (Fsp3) is 0.100. The molecular formula is C20H17ClN4. The molecule has 2 heterocycles. The molecule has 0 aliphatic carbocycles. The lowest BCUT2D eigenvalue weighted by molar-refractivity contribution is 0.932. The molecule has 2 aromatic carbocycles. The molecule has 0 atom stereocenters. The molecular weight excluding hydrogens is 332 g/mol. The maximum atomic E-state index is 6.00. The van der Waals surface area contributed by atoms with Crippen molar-refractivity contribution in [2.75, 3.05) is 5.32 Å². The van der Waals surface area contributed by atoms with E-state index in [1.54, 1.807) is 6.20 Å². The van der Waals surface area contributed by atoms with Gasteiger partial charge in [-0.25, -0.2) is 9.50 Å². The smallest absolute Gasteiger partial charge is 0.160 e. The minimum absolute atomic E-state index is 0.721. The van der Waals surface area contributed by atoms with Crippen LogP contribution in [0, 0.1) is 0 Å². The molecule has 0 unspecified atom stereocenters. The Morgan fingerprint density at radius 3 is 2.52 bits per heavy atom. The lowest BCUT2D eigenvalue weighted by Crippen LogP contribution is -2.02. The second-order valence-electron chi connectivity index (χ2n) is 5.86. The van der Waals surface area contributed by atoms with E-state index in [-0.39, 0.29) is 0 Å². The van der Waals surface area contributed by atoms with E-state index in [1.165, 1.54) is 11.1 Å². The second-order valence-corrected chi connectivity index (χ2v) is 6.29. The fourth-order valence-corrected chi connectivity index (χ4v) is 2.95. The number of hydrogen-bond donors (Lipinski definition) is 1. The van der Waals surface area contributed by atoms with Crippen molar-refractivity contribution in [1.29, 1.82) is 0 Å². The van der Waals surface area contributed by atoms with Crippen molar-refractivity contribution in [2.24, 2.45) is 0 Å². The average Bonchev–Trinajstić information content (AvgIpc) is 3.00. The standard InChI is InChI=1S/C20H17ClN4/c21-17-9-7-15(8-10-17)13-18-19(23-14-16-5-2-1-3-6-16)24-25-12-4-11-22-20(18)25/h1-12H,13-14H2,(H,23,24). The Hall–Kier alpha value is -2.85. The summed E-state index contributed by atoms with van der Waals surface area (Å²) in [5.74, 6) is 0.859. The van der Waals surface area contributed by atoms with Crippen LogP contribution in [-0.2, 0) is 13.0 Å². The van der Waals surface area contributed by atoms with Crippen LogP contribution in [0.15, 0.2) is 73.1 Å². The van der Waals surface area contributed by atoms with Gasteiger partial charge in [0.1, 0.15) is 0 Å². The quantitative estimate of drug-likeness (QED) is 0.573. The molecule has 0 aliphatic heterocycles. The van der Waals surface area contributed by atoms with Crippen LogP contribution in [-0.4, -0.2) is 14.6 Å². The van der Waals surface area contributed by atoms with Gasteiger partial charge in [0.15, 0.2) is 11.5 Å². The molecule has 4 aromatic rings. The number of anilines is 1. The number of fused-ring (bicyclic) bond motifs is 1. The van der Waals surface area contributed by atoms with E-state index in [9.17, 15) is 0 Å². The number of aromatic nitrogens is 3. The lowest BCUT2D eigenvalue weighted by Gasteiger charge is -2.07. The maximum absolute atomic E-state index is 6.00. The highest BCUT2D eigenvalue weighted by molar-refractivity contribution is 6.30. The van der Waals surface area contributed by atoms with Gasteiger partial charge < -0.3 is 5.32 Å². The summed E-state index contributed by atoms with van der Waals surface area (Å²) in [5, 5.41) is 8.85. The van der Waals surface area contributed by atoms with Crippen molar-refractivity contribution in [3.8, 4) is 0 Å². The van der Waals surface area contributed by atoms with Gasteiger partial charge in [-0.15, -0.1) is 5.10 Å². The van der Waals surface area contributed by atoms with Gasteiger partial charge in [-0.2, -0.15) is 0 Å². The first kappa shape index (κ1) is 15.7. The SMILES string of the molecule is Clc1ccc(Cc2c(NCc3ccccc3)nn3cccnc23)cc1. The van der Waals surface area contributed by atoms with Crippen LogP contribution in [0.25, 0.3) is 5.65 Å². The second kappa shape index (κ2) is 6.95. The zero-order valence-corrected chi connectivity index (χ0v) is 14.3. The number of nitrogens with one attached hydrogen (secondary N) is 1. The average molecular weight is 349 g/mol. The van der Waals surface area contributed by atoms with Gasteiger partial charge >= 0.3 is 0 Å². The summed E-state index contributed by atoms with van der Waals surface area (Å²) in [4.78, 5) is 4.50. The van der Waals surface area contributed by atoms with Crippen molar-refractivity contribution < 1.29 is 0 Å². The predicted octanol–water partition coefficient (Wildman–Crippen LogP) is 4.59. The molecule has 0 radical (unpaired) electrons. The third-order valence-corrected chi connectivity index (χ3v) is 4.34. The minimum atomic E-state index is 0.721. The zero-order chi connectivity index (χ0) is 17.1. The fourth-order valence-electron chi connectivity index (χ4n) is 2.83. The highest BCUT2D eigenvalue weighted by Gasteiger charge is 2.14. The van der Waals surface area contributed by atoms with Crippen molar-refractivity contribution in [3.63, 3.8) is 0 Å². The Kier molecular flexibility index (Phi) is 4.36. The molecule has 4 nitrogen and oxygen atoms in total. The number of benzene rings is 2. The molecule has 124 valence electrons. The number of rotatable bonds is 5. The molecule has 2 aromatic heterocycles. The summed E-state index contributed by atoms with van der Waals surface area (Å²) in [6, 6.07) is 20.1. The molecule has 0 saturated carbocycles. The van der Waals surface area contributed by atoms with Gasteiger partial charge in [-0.1, -0.05) is 54.1 Å². The monoisotopic (exact) mass is 348 g/mol. The van der Waals surface area contributed by atoms with Gasteiger partial charge in [0.05, 0.1) is 0 Å². The van der Waals surface area contributed by atoms with Gasteiger partial charge in [0, 0.05) is 35.9 Å². The molecule has 0 spiro atoms. The minimum Gasteiger partial charge on any atom is -0.364 e. The van der Waals surface area contributed by atoms with E-state index in [0.717, 1.165) is 35.0 Å². The Bertz CT molecular complexity index is 978. The third-order valence-electron chi connectivity index (χ3n) is 4.09. The summed E-state index contributed by atoms with van der Waals surface area (Å²) in [6.07, 6.45) is 4.46. The van der Waals surface area contributed by atoms with E-state index in [1.807, 2.05) is 59.2 Å². The van der Waals surface area contributed by atoms with Crippen molar-refractivity contribution in [3.05, 3.63) is 94.8 Å². The van der Waals surface area contributed by atoms with Crippen molar-refractivity contribution in [2.45, 2.75) is 13.0 Å². The molecule has 25 heavy (non-hydrogen) atoms. The number of halogens is 1. The Morgan fingerprint density at radius 1 is 0.920 bits per heavy atom. The van der Waals surface area contributed by atoms with Crippen LogP contribution < -0.4 is 5.32 Å². The zero-order valence-electron chi connectivity index (χ0n) is 13.6. The van der Waals surface area contributed by atoms with Gasteiger partial charge in [0.2, 0.25) is 0 Å². The largest absolute Gasteiger partial charge is 0.364 e. The molecule has 0 aliphatic rings. The highest BCUT2D eigenvalue weighted by Crippen LogP contribution is 2.23. The highest BCUT2D eigenvalue weighted by atomic mass is 35.5. The Morgan fingerprint density at radius 2 is 1.72 bits per heavy atom. The topological polar surface area (TPSA) is 42.2 Å². The molecule has 4 rings (SSSR count). The number of hydrogen-bond acceptors (Lipinski definition) is 3. The summed E-state index contributed by atoms with van der Waals surface area (Å²) in [7, 11) is 0. The van der Waals surface area contributed by atoms with Crippen molar-refractivity contribution >= 4 is 23.1 Å². The van der Waals surface area contributed by atoms with Crippen LogP contribution in [0.2, 0.25) is 5.02 Å². The first-order valence-electron chi connectivity index (χ1n) is 8.14. The van der Waals surface area contributed by atoms with E-state index in [0.29, 0.717) is 0 Å². The molecule has 1 N–H and O–H groups in total. The van der Waals surface area contributed by atoms with E-state index < -0.39 is 0 Å². The number of nitrogens with zero attached hydrogens (tertiary/aromatic N) is 3. The van der Waals surface area contributed by atoms with Crippen LogP contribution in [0.3, 0.4) is 0 Å². The third kappa shape index (κ3) is 3.49.